The fourth-order valence-corrected chi connectivity index (χ4v) is 5.34. The van der Waals surface area contributed by atoms with Gasteiger partial charge in [0.15, 0.2) is 5.66 Å². The van der Waals surface area contributed by atoms with E-state index >= 15 is 0 Å². The molecule has 1 saturated heterocycles. The van der Waals surface area contributed by atoms with E-state index in [0.29, 0.717) is 0 Å². The molecule has 0 spiro atoms. The third-order valence-electron chi connectivity index (χ3n) is 3.79. The quantitative estimate of drug-likeness (QED) is 0.588. The summed E-state index contributed by atoms with van der Waals surface area (Å²) in [5, 5.41) is 0. The summed E-state index contributed by atoms with van der Waals surface area (Å²) in [5.74, 6) is -0.908. The molecule has 1 aliphatic heterocycles. The van der Waals surface area contributed by atoms with Crippen LogP contribution in [0.5, 0.6) is 0 Å². The normalized spacial score (nSPS) is 24.3. The molecule has 1 aliphatic rings. The molecular formula is C16H23O5P. The van der Waals surface area contributed by atoms with Crippen LogP contribution in [0.15, 0.2) is 30.3 Å². The van der Waals surface area contributed by atoms with Crippen LogP contribution in [0, 0.1) is 0 Å². The fourth-order valence-electron chi connectivity index (χ4n) is 3.01. The first-order valence-electron chi connectivity index (χ1n) is 7.52. The molecule has 0 radical (unpaired) electrons. The maximum absolute atomic E-state index is 13.2. The van der Waals surface area contributed by atoms with Crippen LogP contribution in [0.4, 0.5) is 0 Å². The summed E-state index contributed by atoms with van der Waals surface area (Å²) in [7, 11) is -3.60. The van der Waals surface area contributed by atoms with Crippen molar-refractivity contribution in [3.63, 3.8) is 0 Å². The Labute approximate surface area is 131 Å². The lowest BCUT2D eigenvalue weighted by atomic mass is 9.84. The van der Waals surface area contributed by atoms with Gasteiger partial charge in [-0.05, 0) is 33.3 Å². The first kappa shape index (κ1) is 17.2. The minimum Gasteiger partial charge on any atom is -0.458 e. The fraction of sp³-hybridized carbons (Fsp3) is 0.562. The average molecular weight is 326 g/mol. The van der Waals surface area contributed by atoms with Crippen molar-refractivity contribution in [2.75, 3.05) is 13.2 Å². The number of hydrogen-bond acceptors (Lipinski definition) is 5. The standard InChI is InChI=1S/C16H23O5P/c1-5-19-22(18,20-6-2)14-13(12-10-8-7-9-11-12)16(3,4)21-15(14)17/h7-11,13-14H,5-6H2,1-4H3/t13-,14-/m0/s1. The smallest absolute Gasteiger partial charge is 0.345 e. The van der Waals surface area contributed by atoms with Crippen LogP contribution >= 0.6 is 7.60 Å². The molecule has 1 heterocycles. The molecule has 122 valence electrons. The van der Waals surface area contributed by atoms with Crippen LogP contribution < -0.4 is 0 Å². The maximum Gasteiger partial charge on any atom is 0.345 e. The Morgan fingerprint density at radius 2 is 1.68 bits per heavy atom. The Morgan fingerprint density at radius 1 is 1.14 bits per heavy atom. The topological polar surface area (TPSA) is 61.8 Å². The molecule has 1 aromatic rings. The van der Waals surface area contributed by atoms with Gasteiger partial charge in [-0.15, -0.1) is 0 Å². The van der Waals surface area contributed by atoms with Gasteiger partial charge in [0, 0.05) is 5.92 Å². The van der Waals surface area contributed by atoms with Crippen LogP contribution in [0.3, 0.4) is 0 Å². The zero-order valence-corrected chi connectivity index (χ0v) is 14.3. The van der Waals surface area contributed by atoms with Gasteiger partial charge in [-0.2, -0.15) is 0 Å². The van der Waals surface area contributed by atoms with E-state index in [0.717, 1.165) is 5.56 Å². The summed E-state index contributed by atoms with van der Waals surface area (Å²) in [6, 6.07) is 9.48. The van der Waals surface area contributed by atoms with Crippen molar-refractivity contribution < 1.29 is 23.1 Å². The molecule has 22 heavy (non-hydrogen) atoms. The Balaban J connectivity index is 2.50. The van der Waals surface area contributed by atoms with Gasteiger partial charge in [0.25, 0.3) is 0 Å². The Kier molecular flexibility index (Phi) is 5.10. The van der Waals surface area contributed by atoms with Gasteiger partial charge in [0.2, 0.25) is 0 Å². The summed E-state index contributed by atoms with van der Waals surface area (Å²) in [5.41, 5.74) is -0.819. The van der Waals surface area contributed by atoms with Crippen LogP contribution in [-0.4, -0.2) is 30.4 Å². The number of benzene rings is 1. The molecule has 0 aliphatic carbocycles. The highest BCUT2D eigenvalue weighted by Gasteiger charge is 2.59. The Bertz CT molecular complexity index is 559. The minimum absolute atomic E-state index is 0.211. The first-order valence-corrected chi connectivity index (χ1v) is 9.13. The number of cyclic esters (lactones) is 1. The molecular weight excluding hydrogens is 303 g/mol. The molecule has 2 atom stereocenters. The number of hydrogen-bond donors (Lipinski definition) is 0. The average Bonchev–Trinajstić information content (AvgIpc) is 2.70. The number of ether oxygens (including phenoxy) is 1. The summed E-state index contributed by atoms with van der Waals surface area (Å²) in [4.78, 5) is 12.4. The maximum atomic E-state index is 13.2. The van der Waals surface area contributed by atoms with Crippen molar-refractivity contribution >= 4 is 13.6 Å². The van der Waals surface area contributed by atoms with Gasteiger partial charge in [-0.1, -0.05) is 30.3 Å². The minimum atomic E-state index is -3.60. The van der Waals surface area contributed by atoms with Gasteiger partial charge in [-0.25, -0.2) is 0 Å². The molecule has 1 fully saturated rings. The highest BCUT2D eigenvalue weighted by molar-refractivity contribution is 7.55. The van der Waals surface area contributed by atoms with Crippen molar-refractivity contribution in [1.29, 1.82) is 0 Å². The van der Waals surface area contributed by atoms with E-state index in [2.05, 4.69) is 0 Å². The van der Waals surface area contributed by atoms with Crippen LogP contribution in [0.25, 0.3) is 0 Å². The molecule has 2 rings (SSSR count). The van der Waals surface area contributed by atoms with E-state index < -0.39 is 24.8 Å². The lowest BCUT2D eigenvalue weighted by Gasteiger charge is -2.30. The summed E-state index contributed by atoms with van der Waals surface area (Å²) < 4.78 is 29.5. The van der Waals surface area contributed by atoms with Gasteiger partial charge in [-0.3, -0.25) is 9.36 Å². The number of carbonyl (C=O) groups excluding carboxylic acids is 1. The SMILES string of the molecule is CCOP(=O)(OCC)[C@@H]1C(=O)OC(C)(C)[C@H]1c1ccccc1. The second kappa shape index (κ2) is 6.53. The van der Waals surface area contributed by atoms with Crippen molar-refractivity contribution in [2.24, 2.45) is 0 Å². The van der Waals surface area contributed by atoms with E-state index in [1.807, 2.05) is 44.2 Å². The van der Waals surface area contributed by atoms with E-state index in [-0.39, 0.29) is 19.1 Å². The summed E-state index contributed by atoms with van der Waals surface area (Å²) >= 11 is 0. The predicted octanol–water partition coefficient (Wildman–Crippen LogP) is 3.74. The highest BCUT2D eigenvalue weighted by Crippen LogP contribution is 2.62. The van der Waals surface area contributed by atoms with Crippen LogP contribution in [-0.2, 0) is 23.1 Å². The molecule has 6 heteroatoms. The van der Waals surface area contributed by atoms with Crippen molar-refractivity contribution in [1.82, 2.24) is 0 Å². The molecule has 0 bridgehead atoms. The van der Waals surface area contributed by atoms with Crippen LogP contribution in [0.1, 0.15) is 39.2 Å². The van der Waals surface area contributed by atoms with E-state index in [9.17, 15) is 9.36 Å². The van der Waals surface area contributed by atoms with Crippen LogP contribution in [0.2, 0.25) is 0 Å². The summed E-state index contributed by atoms with van der Waals surface area (Å²) in [6.45, 7) is 7.53. The second-order valence-corrected chi connectivity index (χ2v) is 7.89. The van der Waals surface area contributed by atoms with Gasteiger partial charge >= 0.3 is 13.6 Å². The predicted molar refractivity (Wildman–Crippen MR) is 84.0 cm³/mol. The highest BCUT2D eigenvalue weighted by atomic mass is 31.2. The summed E-state index contributed by atoms with van der Waals surface area (Å²) in [6.07, 6.45) is 0. The second-order valence-electron chi connectivity index (χ2n) is 5.73. The zero-order chi connectivity index (χ0) is 16.4. The van der Waals surface area contributed by atoms with Gasteiger partial charge in [0.1, 0.15) is 5.60 Å². The third kappa shape index (κ3) is 3.12. The van der Waals surface area contributed by atoms with Crippen molar-refractivity contribution in [2.45, 2.75) is 44.9 Å². The van der Waals surface area contributed by atoms with Gasteiger partial charge in [0.05, 0.1) is 13.2 Å². The third-order valence-corrected chi connectivity index (χ3v) is 6.21. The molecule has 0 amide bonds. The van der Waals surface area contributed by atoms with E-state index in [1.54, 1.807) is 13.8 Å². The Morgan fingerprint density at radius 3 is 2.18 bits per heavy atom. The zero-order valence-electron chi connectivity index (χ0n) is 13.4. The molecule has 0 unspecified atom stereocenters. The lowest BCUT2D eigenvalue weighted by Crippen LogP contribution is -2.31. The molecule has 1 aromatic carbocycles. The molecule has 0 aromatic heterocycles. The van der Waals surface area contributed by atoms with E-state index in [1.165, 1.54) is 0 Å². The molecule has 5 nitrogen and oxygen atoms in total. The monoisotopic (exact) mass is 326 g/mol. The lowest BCUT2D eigenvalue weighted by molar-refractivity contribution is -0.146. The van der Waals surface area contributed by atoms with Crippen molar-refractivity contribution in [3.8, 4) is 0 Å². The van der Waals surface area contributed by atoms with Gasteiger partial charge < -0.3 is 13.8 Å². The van der Waals surface area contributed by atoms with E-state index in [4.69, 9.17) is 13.8 Å². The first-order chi connectivity index (χ1) is 10.4. The molecule has 0 saturated carbocycles. The number of carbonyl (C=O) groups is 1. The number of rotatable bonds is 6. The Hall–Kier alpha value is -1.16. The number of esters is 1. The van der Waals surface area contributed by atoms with Crippen molar-refractivity contribution in [3.05, 3.63) is 35.9 Å². The molecule has 0 N–H and O–H groups in total. The largest absolute Gasteiger partial charge is 0.458 e.